The zero-order chi connectivity index (χ0) is 23.4. The van der Waals surface area contributed by atoms with Gasteiger partial charge in [-0.15, -0.1) is 0 Å². The Hall–Kier alpha value is -1.69. The minimum Gasteiger partial charge on any atom is -0.405 e. The van der Waals surface area contributed by atoms with Crippen LogP contribution in [0.2, 0.25) is 5.04 Å². The van der Waals surface area contributed by atoms with Crippen LogP contribution in [0.1, 0.15) is 38.9 Å². The van der Waals surface area contributed by atoms with Crippen LogP contribution in [-0.2, 0) is 4.43 Å². The molecule has 0 spiro atoms. The van der Waals surface area contributed by atoms with E-state index in [2.05, 4.69) is 107 Å². The number of hydrogen-bond donors (Lipinski definition) is 1. The van der Waals surface area contributed by atoms with Crippen LogP contribution in [0.25, 0.3) is 0 Å². The van der Waals surface area contributed by atoms with Gasteiger partial charge in [0, 0.05) is 6.61 Å². The highest BCUT2D eigenvalue weighted by molar-refractivity contribution is 9.13. The lowest BCUT2D eigenvalue weighted by atomic mass is 10.2. The van der Waals surface area contributed by atoms with Crippen molar-refractivity contribution < 1.29 is 9.53 Å². The summed E-state index contributed by atoms with van der Waals surface area (Å²) >= 11 is 7.11. The molecular formula is C25H28Br2N2O2Si. The molecule has 32 heavy (non-hydrogen) atoms. The number of aliphatic hydroxyl groups excluding tert-OH is 1. The minimum atomic E-state index is -2.72. The van der Waals surface area contributed by atoms with Crippen LogP contribution in [0, 0.1) is 11.3 Å². The Labute approximate surface area is 208 Å². The molecule has 0 radical (unpaired) electrons. The summed E-state index contributed by atoms with van der Waals surface area (Å²) < 4.78 is 10.6. The van der Waals surface area contributed by atoms with Crippen LogP contribution < -0.4 is 10.4 Å². The Kier molecular flexibility index (Phi) is 8.18. The number of halogens is 2. The van der Waals surface area contributed by atoms with Crippen LogP contribution >= 0.6 is 31.9 Å². The Morgan fingerprint density at radius 3 is 2.00 bits per heavy atom. The third-order valence-corrected chi connectivity index (χ3v) is 12.7. The first-order valence-electron chi connectivity index (χ1n) is 10.6. The van der Waals surface area contributed by atoms with Gasteiger partial charge in [0.25, 0.3) is 8.32 Å². The molecule has 0 aliphatic carbocycles. The van der Waals surface area contributed by atoms with Gasteiger partial charge in [-0.05, 0) is 59.8 Å². The summed E-state index contributed by atoms with van der Waals surface area (Å²) in [5, 5.41) is 21.8. The molecular weight excluding hydrogens is 548 g/mol. The molecule has 0 saturated heterocycles. The van der Waals surface area contributed by atoms with E-state index in [9.17, 15) is 10.4 Å². The quantitative estimate of drug-likeness (QED) is 0.367. The molecule has 0 unspecified atom stereocenters. The normalized spacial score (nSPS) is 13.0. The van der Waals surface area contributed by atoms with Gasteiger partial charge in [0.05, 0.1) is 17.1 Å². The van der Waals surface area contributed by atoms with E-state index in [4.69, 9.17) is 4.43 Å². The van der Waals surface area contributed by atoms with Crippen molar-refractivity contribution in [2.45, 2.75) is 38.3 Å². The second-order valence-electron chi connectivity index (χ2n) is 8.79. The maximum Gasteiger partial charge on any atom is 0.261 e. The van der Waals surface area contributed by atoms with Gasteiger partial charge in [-0.2, -0.15) is 5.26 Å². The number of aromatic nitrogens is 1. The van der Waals surface area contributed by atoms with Crippen molar-refractivity contribution in [3.8, 4) is 6.07 Å². The van der Waals surface area contributed by atoms with E-state index in [0.717, 1.165) is 9.08 Å². The highest BCUT2D eigenvalue weighted by Crippen LogP contribution is 2.38. The van der Waals surface area contributed by atoms with Crippen molar-refractivity contribution in [2.24, 2.45) is 0 Å². The van der Waals surface area contributed by atoms with Gasteiger partial charge in [0.1, 0.15) is 16.4 Å². The van der Waals surface area contributed by atoms with Gasteiger partial charge < -0.3 is 14.1 Å². The maximum absolute atomic E-state index is 9.82. The van der Waals surface area contributed by atoms with Gasteiger partial charge in [0.15, 0.2) is 0 Å². The van der Waals surface area contributed by atoms with E-state index in [1.165, 1.54) is 10.4 Å². The number of rotatable bonds is 8. The lowest BCUT2D eigenvalue weighted by Gasteiger charge is -2.44. The predicted octanol–water partition coefficient (Wildman–Crippen LogP) is 5.38. The van der Waals surface area contributed by atoms with Crippen molar-refractivity contribution in [3.63, 3.8) is 0 Å². The van der Waals surface area contributed by atoms with Gasteiger partial charge in [-0.25, -0.2) is 0 Å². The third-order valence-electron chi connectivity index (χ3n) is 5.78. The molecule has 0 amide bonds. The second-order valence-corrected chi connectivity index (χ2v) is 14.7. The summed E-state index contributed by atoms with van der Waals surface area (Å²) in [6.45, 7) is 7.10. The fourth-order valence-electron chi connectivity index (χ4n) is 4.33. The van der Waals surface area contributed by atoms with E-state index in [1.54, 1.807) is 6.07 Å². The van der Waals surface area contributed by atoms with E-state index >= 15 is 0 Å². The monoisotopic (exact) mass is 574 g/mol. The maximum atomic E-state index is 9.82. The fourth-order valence-corrected chi connectivity index (χ4v) is 9.93. The van der Waals surface area contributed by atoms with Crippen LogP contribution in [-0.4, -0.2) is 31.2 Å². The Morgan fingerprint density at radius 1 is 1.03 bits per heavy atom. The molecule has 0 fully saturated rings. The molecule has 3 aromatic rings. The number of aliphatic hydroxyl groups is 1. The van der Waals surface area contributed by atoms with Crippen molar-refractivity contribution in [2.75, 3.05) is 13.2 Å². The molecule has 1 atom stereocenters. The number of nitrogens with zero attached hydrogens (tertiary/aromatic N) is 2. The number of benzene rings is 2. The zero-order valence-corrected chi connectivity index (χ0v) is 22.7. The predicted molar refractivity (Wildman–Crippen MR) is 139 cm³/mol. The van der Waals surface area contributed by atoms with Crippen LogP contribution in [0.15, 0.2) is 75.8 Å². The highest BCUT2D eigenvalue weighted by atomic mass is 79.9. The molecule has 168 valence electrons. The standard InChI is InChI=1S/C25H28Br2N2O2Si/c1-25(2,3)32(21-10-6-4-7-11-21,22-12-8-5-9-13-22)31-18-19(14-15-30)29-20(17-28)16-23(26)24(29)27/h4-13,16,19,30H,14-15,18H2,1-3H3/t19-/m0/s1. The first-order valence-corrected chi connectivity index (χ1v) is 14.1. The average Bonchev–Trinajstić information content (AvgIpc) is 3.07. The summed E-state index contributed by atoms with van der Waals surface area (Å²) in [7, 11) is -2.72. The van der Waals surface area contributed by atoms with E-state index in [-0.39, 0.29) is 17.7 Å². The molecule has 7 heteroatoms. The van der Waals surface area contributed by atoms with E-state index < -0.39 is 8.32 Å². The van der Waals surface area contributed by atoms with Crippen molar-refractivity contribution >= 4 is 50.6 Å². The molecule has 0 aliphatic rings. The van der Waals surface area contributed by atoms with E-state index in [1.807, 2.05) is 16.7 Å². The van der Waals surface area contributed by atoms with Gasteiger partial charge in [0.2, 0.25) is 0 Å². The van der Waals surface area contributed by atoms with Gasteiger partial charge in [-0.3, -0.25) is 0 Å². The molecule has 2 aromatic carbocycles. The molecule has 4 nitrogen and oxygen atoms in total. The molecule has 0 saturated carbocycles. The van der Waals surface area contributed by atoms with Crippen molar-refractivity contribution in [3.05, 3.63) is 81.5 Å². The summed E-state index contributed by atoms with van der Waals surface area (Å²) in [4.78, 5) is 0. The Morgan fingerprint density at radius 2 is 1.56 bits per heavy atom. The first-order chi connectivity index (χ1) is 15.3. The SMILES string of the molecule is CC(C)(C)[Si](OC[C@H](CCO)n1c(C#N)cc(Br)c1Br)(c1ccccc1)c1ccccc1. The second kappa shape index (κ2) is 10.5. The Bertz CT molecular complexity index is 1030. The summed E-state index contributed by atoms with van der Waals surface area (Å²) in [6, 6.07) is 24.8. The third kappa shape index (κ3) is 4.80. The molecule has 1 aromatic heterocycles. The molecule has 0 bridgehead atoms. The highest BCUT2D eigenvalue weighted by Gasteiger charge is 2.50. The van der Waals surface area contributed by atoms with Crippen LogP contribution in [0.4, 0.5) is 0 Å². The average molecular weight is 576 g/mol. The Balaban J connectivity index is 2.12. The summed E-state index contributed by atoms with van der Waals surface area (Å²) in [6.07, 6.45) is 0.479. The lowest BCUT2D eigenvalue weighted by Crippen LogP contribution is -2.67. The minimum absolute atomic E-state index is 0.00187. The first kappa shape index (κ1) is 24.9. The lowest BCUT2D eigenvalue weighted by molar-refractivity contribution is 0.191. The van der Waals surface area contributed by atoms with Crippen molar-refractivity contribution in [1.29, 1.82) is 5.26 Å². The topological polar surface area (TPSA) is 58.2 Å². The smallest absolute Gasteiger partial charge is 0.261 e. The van der Waals surface area contributed by atoms with Crippen LogP contribution in [0.3, 0.4) is 0 Å². The van der Waals surface area contributed by atoms with Crippen molar-refractivity contribution in [1.82, 2.24) is 4.57 Å². The summed E-state index contributed by atoms with van der Waals surface area (Å²) in [5.74, 6) is 0. The fraction of sp³-hybridized carbons (Fsp3) is 0.320. The van der Waals surface area contributed by atoms with Gasteiger partial charge in [-0.1, -0.05) is 81.4 Å². The molecule has 0 aliphatic heterocycles. The molecule has 3 rings (SSSR count). The number of hydrogen-bond acceptors (Lipinski definition) is 3. The molecule has 1 N–H and O–H groups in total. The molecule has 1 heterocycles. The zero-order valence-electron chi connectivity index (χ0n) is 18.6. The number of nitriles is 1. The van der Waals surface area contributed by atoms with Crippen LogP contribution in [0.5, 0.6) is 0 Å². The summed E-state index contributed by atoms with van der Waals surface area (Å²) in [5.41, 5.74) is 0.522. The largest absolute Gasteiger partial charge is 0.405 e. The van der Waals surface area contributed by atoms with Gasteiger partial charge >= 0.3 is 0 Å². The van der Waals surface area contributed by atoms with E-state index in [0.29, 0.717) is 18.7 Å².